The van der Waals surface area contributed by atoms with Crippen molar-refractivity contribution >= 4 is 5.78 Å². The molecule has 1 N–H and O–H groups in total. The van der Waals surface area contributed by atoms with Crippen LogP contribution < -0.4 is 0 Å². The maximum absolute atomic E-state index is 11.3. The van der Waals surface area contributed by atoms with E-state index in [4.69, 9.17) is 6.42 Å². The number of ketones is 1. The molecule has 0 aromatic rings. The van der Waals surface area contributed by atoms with E-state index in [1.54, 1.807) is 13.0 Å². The van der Waals surface area contributed by atoms with E-state index in [1.807, 2.05) is 0 Å². The molecule has 0 saturated carbocycles. The lowest BCUT2D eigenvalue weighted by atomic mass is 10.0. The quantitative estimate of drug-likeness (QED) is 0.234. The van der Waals surface area contributed by atoms with Gasteiger partial charge in [0.2, 0.25) is 0 Å². The first-order chi connectivity index (χ1) is 9.77. The summed E-state index contributed by atoms with van der Waals surface area (Å²) in [5.74, 6) is 2.38. The molecule has 0 unspecified atom stereocenters. The van der Waals surface area contributed by atoms with Crippen molar-refractivity contribution in [3.05, 3.63) is 46.3 Å². The number of carbonyl (C=O) groups excluding carboxylic acids is 1. The van der Waals surface area contributed by atoms with E-state index in [-0.39, 0.29) is 17.1 Å². The molecule has 0 fully saturated rings. The predicted octanol–water partition coefficient (Wildman–Crippen LogP) is 5.05. The maximum atomic E-state index is 11.3. The molecule has 0 aliphatic heterocycles. The van der Waals surface area contributed by atoms with Crippen molar-refractivity contribution in [3.63, 3.8) is 0 Å². The molecule has 0 rings (SSSR count). The van der Waals surface area contributed by atoms with Gasteiger partial charge in [-0.1, -0.05) is 29.2 Å². The van der Waals surface area contributed by atoms with Gasteiger partial charge in [-0.05, 0) is 65.5 Å². The zero-order chi connectivity index (χ0) is 16.4. The van der Waals surface area contributed by atoms with Crippen LogP contribution in [0, 0.1) is 12.3 Å². The first-order valence-electron chi connectivity index (χ1n) is 7.14. The number of hydrogen-bond acceptors (Lipinski definition) is 2. The minimum Gasteiger partial charge on any atom is -0.512 e. The van der Waals surface area contributed by atoms with E-state index in [0.29, 0.717) is 12.0 Å². The molecule has 0 atom stereocenters. The Bertz CT molecular complexity index is 526. The van der Waals surface area contributed by atoms with Crippen molar-refractivity contribution in [3.8, 4) is 12.3 Å². The molecule has 0 aromatic heterocycles. The van der Waals surface area contributed by atoms with Crippen molar-refractivity contribution < 1.29 is 9.90 Å². The normalized spacial score (nSPS) is 13.3. The van der Waals surface area contributed by atoms with Crippen molar-refractivity contribution in [2.45, 2.75) is 53.9 Å². The summed E-state index contributed by atoms with van der Waals surface area (Å²) in [7, 11) is 0. The Morgan fingerprint density at radius 2 is 1.76 bits per heavy atom. The van der Waals surface area contributed by atoms with Crippen LogP contribution in [0.3, 0.4) is 0 Å². The molecule has 0 saturated heterocycles. The molecule has 114 valence electrons. The van der Waals surface area contributed by atoms with Crippen molar-refractivity contribution in [1.82, 2.24) is 0 Å². The monoisotopic (exact) mass is 286 g/mol. The highest BCUT2D eigenvalue weighted by Gasteiger charge is 2.04. The SMILES string of the molecule is C#C/C(=C\C(C/C=C(\C)CCC=C(C)C)=C(/C)O)C(C)=O. The fourth-order valence-corrected chi connectivity index (χ4v) is 1.70. The van der Waals surface area contributed by atoms with Crippen molar-refractivity contribution in [1.29, 1.82) is 0 Å². The fourth-order valence-electron chi connectivity index (χ4n) is 1.70. The molecule has 2 heteroatoms. The van der Waals surface area contributed by atoms with Gasteiger partial charge in [-0.25, -0.2) is 0 Å². The second kappa shape index (κ2) is 9.83. The van der Waals surface area contributed by atoms with E-state index in [1.165, 1.54) is 18.1 Å². The van der Waals surface area contributed by atoms with E-state index >= 15 is 0 Å². The summed E-state index contributed by atoms with van der Waals surface area (Å²) < 4.78 is 0. The van der Waals surface area contributed by atoms with Gasteiger partial charge in [-0.15, -0.1) is 6.42 Å². The molecule has 0 bridgehead atoms. The second-order valence-electron chi connectivity index (χ2n) is 5.44. The van der Waals surface area contributed by atoms with E-state index < -0.39 is 0 Å². The Balaban J connectivity index is 4.92. The molecular formula is C19H26O2. The lowest BCUT2D eigenvalue weighted by Crippen LogP contribution is -1.96. The zero-order valence-corrected chi connectivity index (χ0v) is 13.8. The summed E-state index contributed by atoms with van der Waals surface area (Å²) in [5.41, 5.74) is 3.54. The van der Waals surface area contributed by atoms with E-state index in [9.17, 15) is 9.90 Å². The second-order valence-corrected chi connectivity index (χ2v) is 5.44. The van der Waals surface area contributed by atoms with Crippen LogP contribution in [0.2, 0.25) is 0 Å². The Labute approximate surface area is 129 Å². The van der Waals surface area contributed by atoms with Crippen LogP contribution >= 0.6 is 0 Å². The van der Waals surface area contributed by atoms with Gasteiger partial charge in [0.25, 0.3) is 0 Å². The molecule has 0 spiro atoms. The van der Waals surface area contributed by atoms with Gasteiger partial charge in [0.15, 0.2) is 5.78 Å². The highest BCUT2D eigenvalue weighted by atomic mass is 16.3. The average molecular weight is 286 g/mol. The van der Waals surface area contributed by atoms with Crippen LogP contribution in [0.1, 0.15) is 53.9 Å². The predicted molar refractivity (Wildman–Crippen MR) is 90.0 cm³/mol. The summed E-state index contributed by atoms with van der Waals surface area (Å²) in [4.78, 5) is 11.3. The average Bonchev–Trinajstić information content (AvgIpc) is 2.37. The number of hydrogen-bond donors (Lipinski definition) is 1. The Morgan fingerprint density at radius 1 is 1.14 bits per heavy atom. The first-order valence-corrected chi connectivity index (χ1v) is 7.14. The van der Waals surface area contributed by atoms with Gasteiger partial charge in [-0.2, -0.15) is 0 Å². The molecule has 21 heavy (non-hydrogen) atoms. The summed E-state index contributed by atoms with van der Waals surface area (Å²) in [6.45, 7) is 9.27. The topological polar surface area (TPSA) is 37.3 Å². The Hall–Kier alpha value is -2.01. The maximum Gasteiger partial charge on any atom is 0.168 e. The summed E-state index contributed by atoms with van der Waals surface area (Å²) in [6.07, 6.45) is 13.7. The van der Waals surface area contributed by atoms with Gasteiger partial charge in [-0.3, -0.25) is 4.79 Å². The number of rotatable bonds is 7. The molecule has 0 aliphatic rings. The van der Waals surface area contributed by atoms with Crippen molar-refractivity contribution in [2.24, 2.45) is 0 Å². The van der Waals surface area contributed by atoms with E-state index in [0.717, 1.165) is 12.8 Å². The third-order valence-electron chi connectivity index (χ3n) is 3.08. The summed E-state index contributed by atoms with van der Waals surface area (Å²) in [5, 5.41) is 9.72. The molecule has 0 aromatic carbocycles. The van der Waals surface area contributed by atoms with Crippen LogP contribution in [0.5, 0.6) is 0 Å². The highest BCUT2D eigenvalue weighted by molar-refractivity contribution is 5.98. The van der Waals surface area contributed by atoms with Crippen LogP contribution in [0.4, 0.5) is 0 Å². The molecule has 0 radical (unpaired) electrons. The van der Waals surface area contributed by atoms with Crippen LogP contribution in [0.25, 0.3) is 0 Å². The Morgan fingerprint density at radius 3 is 2.19 bits per heavy atom. The molecule has 0 amide bonds. The number of carbonyl (C=O) groups is 1. The lowest BCUT2D eigenvalue weighted by Gasteiger charge is -2.04. The summed E-state index contributed by atoms with van der Waals surface area (Å²) in [6, 6.07) is 0. The molecule has 0 aliphatic carbocycles. The third kappa shape index (κ3) is 8.70. The first kappa shape index (κ1) is 19.0. The van der Waals surface area contributed by atoms with Crippen molar-refractivity contribution in [2.75, 3.05) is 0 Å². The fraction of sp³-hybridized carbons (Fsp3) is 0.421. The van der Waals surface area contributed by atoms with Gasteiger partial charge < -0.3 is 5.11 Å². The number of aliphatic hydroxyl groups is 1. The minimum atomic E-state index is -0.166. The summed E-state index contributed by atoms with van der Waals surface area (Å²) >= 11 is 0. The van der Waals surface area contributed by atoms with Gasteiger partial charge in [0.05, 0.1) is 11.3 Å². The largest absolute Gasteiger partial charge is 0.512 e. The smallest absolute Gasteiger partial charge is 0.168 e. The highest BCUT2D eigenvalue weighted by Crippen LogP contribution is 2.16. The number of terminal acetylenes is 1. The molecular weight excluding hydrogens is 260 g/mol. The minimum absolute atomic E-state index is 0.166. The third-order valence-corrected chi connectivity index (χ3v) is 3.08. The van der Waals surface area contributed by atoms with Crippen LogP contribution in [0.15, 0.2) is 46.3 Å². The van der Waals surface area contributed by atoms with Gasteiger partial charge in [0.1, 0.15) is 0 Å². The van der Waals surface area contributed by atoms with Gasteiger partial charge >= 0.3 is 0 Å². The van der Waals surface area contributed by atoms with E-state index in [2.05, 4.69) is 38.8 Å². The number of Topliss-reactive ketones (excluding diaryl/α,β-unsaturated/α-hetero) is 1. The molecule has 0 heterocycles. The standard InChI is InChI=1S/C19H26O2/c1-7-18(16(5)20)13-19(17(6)21)12-11-15(4)10-8-9-14(2)3/h1,9,11,13,21H,8,10,12H2,2-6H3/b15-11+,18-13+,19-17+. The van der Waals surface area contributed by atoms with Gasteiger partial charge in [0, 0.05) is 0 Å². The Kier molecular flexibility index (Phi) is 8.88. The molecule has 2 nitrogen and oxygen atoms in total. The van der Waals surface area contributed by atoms with Crippen LogP contribution in [-0.2, 0) is 4.79 Å². The zero-order valence-electron chi connectivity index (χ0n) is 13.8. The van der Waals surface area contributed by atoms with Crippen LogP contribution in [-0.4, -0.2) is 10.9 Å². The number of aliphatic hydroxyl groups excluding tert-OH is 1. The number of allylic oxidation sites excluding steroid dienone is 8. The lowest BCUT2D eigenvalue weighted by molar-refractivity contribution is -0.113.